The second kappa shape index (κ2) is 13.0. The summed E-state index contributed by atoms with van der Waals surface area (Å²) in [5, 5.41) is 14.7. The van der Waals surface area contributed by atoms with E-state index in [1.807, 2.05) is 0 Å². The van der Waals surface area contributed by atoms with Crippen LogP contribution in [0.15, 0.2) is 30.3 Å². The van der Waals surface area contributed by atoms with E-state index in [0.717, 1.165) is 24.9 Å². The Hall–Kier alpha value is -3.47. The van der Waals surface area contributed by atoms with E-state index in [4.69, 9.17) is 9.47 Å². The summed E-state index contributed by atoms with van der Waals surface area (Å²) in [6, 6.07) is 4.95. The number of hydrogen-bond donors (Lipinski definition) is 3. The molecule has 3 atom stereocenters. The first kappa shape index (κ1) is 28.8. The number of benzene rings is 1. The molecule has 1 aliphatic heterocycles. The third kappa shape index (κ3) is 8.63. The van der Waals surface area contributed by atoms with E-state index in [2.05, 4.69) is 10.6 Å². The number of amides is 3. The molecular formula is C25H35N3O8. The van der Waals surface area contributed by atoms with Crippen molar-refractivity contribution in [3.8, 4) is 0 Å². The molecule has 1 aromatic carbocycles. The average Bonchev–Trinajstić information content (AvgIpc) is 2.82. The zero-order valence-electron chi connectivity index (χ0n) is 21.1. The van der Waals surface area contributed by atoms with E-state index in [0.29, 0.717) is 18.5 Å². The second-order valence-corrected chi connectivity index (χ2v) is 9.57. The van der Waals surface area contributed by atoms with Crippen LogP contribution in [0.5, 0.6) is 0 Å². The number of nitrogens with one attached hydrogen (secondary N) is 2. The number of carbonyl (C=O) groups is 5. The molecule has 0 aromatic heterocycles. The van der Waals surface area contributed by atoms with Crippen LogP contribution in [0.25, 0.3) is 0 Å². The van der Waals surface area contributed by atoms with Crippen molar-refractivity contribution in [1.29, 1.82) is 0 Å². The van der Waals surface area contributed by atoms with Crippen molar-refractivity contribution in [1.82, 2.24) is 15.5 Å². The number of carboxylic acid groups (broad SMARTS) is 1. The molecule has 198 valence electrons. The van der Waals surface area contributed by atoms with E-state index in [9.17, 15) is 29.1 Å². The summed E-state index contributed by atoms with van der Waals surface area (Å²) in [6.45, 7) is 5.38. The highest BCUT2D eigenvalue weighted by Gasteiger charge is 2.43. The van der Waals surface area contributed by atoms with Crippen LogP contribution in [0, 0.1) is 0 Å². The molecular weight excluding hydrogens is 470 g/mol. The minimum Gasteiger partial charge on any atom is -0.481 e. The molecule has 1 unspecified atom stereocenters. The first-order valence-electron chi connectivity index (χ1n) is 11.9. The fraction of sp³-hybridized carbons (Fsp3) is 0.560. The van der Waals surface area contributed by atoms with Gasteiger partial charge in [-0.15, -0.1) is 0 Å². The van der Waals surface area contributed by atoms with E-state index < -0.39 is 60.0 Å². The normalized spacial score (nSPS) is 17.3. The fourth-order valence-corrected chi connectivity index (χ4v) is 3.89. The molecule has 0 bridgehead atoms. The van der Waals surface area contributed by atoms with Gasteiger partial charge in [0.25, 0.3) is 5.91 Å². The maximum absolute atomic E-state index is 13.8. The Morgan fingerprint density at radius 1 is 1.14 bits per heavy atom. The molecule has 11 heteroatoms. The van der Waals surface area contributed by atoms with Crippen molar-refractivity contribution < 1.29 is 38.6 Å². The Morgan fingerprint density at radius 3 is 2.33 bits per heavy atom. The van der Waals surface area contributed by atoms with Gasteiger partial charge in [0.15, 0.2) is 0 Å². The van der Waals surface area contributed by atoms with Gasteiger partial charge in [-0.1, -0.05) is 36.8 Å². The second-order valence-electron chi connectivity index (χ2n) is 9.57. The first-order chi connectivity index (χ1) is 16.9. The third-order valence-corrected chi connectivity index (χ3v) is 5.51. The summed E-state index contributed by atoms with van der Waals surface area (Å²) in [4.78, 5) is 65.0. The number of ether oxygens (including phenoxy) is 2. The van der Waals surface area contributed by atoms with E-state index in [-0.39, 0.29) is 6.42 Å². The van der Waals surface area contributed by atoms with Crippen LogP contribution in [0.4, 0.5) is 4.79 Å². The Labute approximate surface area is 210 Å². The molecule has 0 aliphatic carbocycles. The SMILES string of the molecule is COC(=O)[C@H](Cc1ccccc1)N(C(=O)C1CCCCN1)C(=O)[C@H](CC(=O)O)NC(=O)OC(C)(C)C. The maximum atomic E-state index is 13.8. The van der Waals surface area contributed by atoms with Crippen molar-refractivity contribution in [2.24, 2.45) is 0 Å². The van der Waals surface area contributed by atoms with Crippen molar-refractivity contribution in [2.45, 2.75) is 76.6 Å². The molecule has 1 aliphatic rings. The molecule has 1 fully saturated rings. The third-order valence-electron chi connectivity index (χ3n) is 5.51. The van der Waals surface area contributed by atoms with Crippen LogP contribution < -0.4 is 10.6 Å². The number of methoxy groups -OCH3 is 1. The van der Waals surface area contributed by atoms with Gasteiger partial charge in [0.1, 0.15) is 17.7 Å². The van der Waals surface area contributed by atoms with E-state index in [1.54, 1.807) is 51.1 Å². The Morgan fingerprint density at radius 2 is 1.81 bits per heavy atom. The standard InChI is InChI=1S/C25H35N3O8/c1-25(2,3)36-24(34)27-18(15-20(29)30)22(32)28(21(31)17-12-8-9-13-26-17)19(23(33)35-4)14-16-10-6-5-7-11-16/h5-7,10-11,17-19,26H,8-9,12-15H2,1-4H3,(H,27,34)(H,29,30)/t17?,18-,19-/m0/s1. The number of piperidine rings is 1. The van der Waals surface area contributed by atoms with Gasteiger partial charge in [0, 0.05) is 6.42 Å². The van der Waals surface area contributed by atoms with Gasteiger partial charge in [-0.2, -0.15) is 0 Å². The fourth-order valence-electron chi connectivity index (χ4n) is 3.89. The van der Waals surface area contributed by atoms with E-state index >= 15 is 0 Å². The number of imide groups is 1. The molecule has 1 saturated heterocycles. The van der Waals surface area contributed by atoms with Crippen LogP contribution in [0.3, 0.4) is 0 Å². The monoisotopic (exact) mass is 505 g/mol. The lowest BCUT2D eigenvalue weighted by molar-refractivity contribution is -0.162. The number of aliphatic carboxylic acids is 1. The largest absolute Gasteiger partial charge is 0.481 e. The van der Waals surface area contributed by atoms with Crippen LogP contribution >= 0.6 is 0 Å². The lowest BCUT2D eigenvalue weighted by atomic mass is 9.99. The number of alkyl carbamates (subject to hydrolysis) is 1. The van der Waals surface area contributed by atoms with Crippen molar-refractivity contribution in [3.05, 3.63) is 35.9 Å². The van der Waals surface area contributed by atoms with Crippen LogP contribution in [0.1, 0.15) is 52.0 Å². The predicted molar refractivity (Wildman–Crippen MR) is 129 cm³/mol. The van der Waals surface area contributed by atoms with Gasteiger partial charge in [0.2, 0.25) is 5.91 Å². The highest BCUT2D eigenvalue weighted by Crippen LogP contribution is 2.19. The smallest absolute Gasteiger partial charge is 0.408 e. The highest BCUT2D eigenvalue weighted by molar-refractivity contribution is 6.05. The highest BCUT2D eigenvalue weighted by atomic mass is 16.6. The molecule has 0 saturated carbocycles. The van der Waals surface area contributed by atoms with Gasteiger partial charge < -0.3 is 25.2 Å². The predicted octanol–water partition coefficient (Wildman–Crippen LogP) is 1.64. The van der Waals surface area contributed by atoms with Crippen molar-refractivity contribution in [3.63, 3.8) is 0 Å². The minimum atomic E-state index is -1.66. The molecule has 2 rings (SSSR count). The summed E-state index contributed by atoms with van der Waals surface area (Å²) < 4.78 is 10.1. The van der Waals surface area contributed by atoms with Gasteiger partial charge in [-0.05, 0) is 45.7 Å². The number of nitrogens with zero attached hydrogens (tertiary/aromatic N) is 1. The van der Waals surface area contributed by atoms with Crippen LogP contribution in [0.2, 0.25) is 0 Å². The van der Waals surface area contributed by atoms with Crippen molar-refractivity contribution >= 4 is 29.8 Å². The summed E-state index contributed by atoms with van der Waals surface area (Å²) in [6.07, 6.45) is 0.128. The quantitative estimate of drug-likeness (QED) is 0.425. The Bertz CT molecular complexity index is 938. The molecule has 1 heterocycles. The van der Waals surface area contributed by atoms with Crippen LogP contribution in [-0.4, -0.2) is 77.2 Å². The van der Waals surface area contributed by atoms with Gasteiger partial charge in [-0.3, -0.25) is 19.3 Å². The summed E-state index contributed by atoms with van der Waals surface area (Å²) >= 11 is 0. The molecule has 11 nitrogen and oxygen atoms in total. The minimum absolute atomic E-state index is 0.0516. The number of carbonyl (C=O) groups excluding carboxylic acids is 4. The zero-order chi connectivity index (χ0) is 26.9. The number of hydrogen-bond acceptors (Lipinski definition) is 8. The molecule has 3 N–H and O–H groups in total. The Balaban J connectivity index is 2.48. The topological polar surface area (TPSA) is 151 Å². The lowest BCUT2D eigenvalue weighted by Crippen LogP contribution is -2.61. The molecule has 3 amide bonds. The Kier molecular flexibility index (Phi) is 10.4. The lowest BCUT2D eigenvalue weighted by Gasteiger charge is -2.35. The molecule has 1 aromatic rings. The van der Waals surface area contributed by atoms with Crippen molar-refractivity contribution in [2.75, 3.05) is 13.7 Å². The summed E-state index contributed by atoms with van der Waals surface area (Å²) in [5.74, 6) is -3.95. The number of carboxylic acids is 1. The molecule has 0 spiro atoms. The van der Waals surface area contributed by atoms with E-state index in [1.165, 1.54) is 0 Å². The first-order valence-corrected chi connectivity index (χ1v) is 11.9. The van der Waals surface area contributed by atoms with Gasteiger partial charge >= 0.3 is 18.0 Å². The van der Waals surface area contributed by atoms with Gasteiger partial charge in [0.05, 0.1) is 19.6 Å². The number of esters is 1. The molecule has 36 heavy (non-hydrogen) atoms. The zero-order valence-corrected chi connectivity index (χ0v) is 21.1. The maximum Gasteiger partial charge on any atom is 0.408 e. The average molecular weight is 506 g/mol. The summed E-state index contributed by atoms with van der Waals surface area (Å²) in [7, 11) is 1.14. The number of rotatable bonds is 9. The van der Waals surface area contributed by atoms with Crippen LogP contribution in [-0.2, 0) is 35.1 Å². The molecule has 0 radical (unpaired) electrons. The summed E-state index contributed by atoms with van der Waals surface area (Å²) in [5.41, 5.74) is -0.255. The van der Waals surface area contributed by atoms with Gasteiger partial charge in [-0.25, -0.2) is 9.59 Å².